The summed E-state index contributed by atoms with van der Waals surface area (Å²) in [6.45, 7) is 0. The van der Waals surface area contributed by atoms with E-state index in [2.05, 4.69) is 0 Å². The Bertz CT molecular complexity index is 13.5. The topological polar surface area (TPSA) is 17.1 Å². The minimum atomic E-state index is 0. The molecule has 0 aliphatic heterocycles. The summed E-state index contributed by atoms with van der Waals surface area (Å²) >= 11 is 0.300. The van der Waals surface area contributed by atoms with E-state index in [-0.39, 0.29) is 43.3 Å². The maximum absolute atomic E-state index is 8.34. The van der Waals surface area contributed by atoms with Crippen molar-refractivity contribution in [1.29, 1.82) is 0 Å². The van der Waals surface area contributed by atoms with Gasteiger partial charge in [0.05, 0.1) is 0 Å². The molecule has 0 heterocycles. The van der Waals surface area contributed by atoms with E-state index in [4.69, 9.17) is 2.81 Å². The Morgan fingerprint density at radius 2 is 1.50 bits per heavy atom. The average Bonchev–Trinajstić information content (AvgIpc) is 1.00. The third-order valence-corrected chi connectivity index (χ3v) is 0. The van der Waals surface area contributed by atoms with Gasteiger partial charge in [-0.05, 0) is 0 Å². The normalized spacial score (nSPS) is 0.750. The van der Waals surface area contributed by atoms with E-state index in [1.807, 2.05) is 0 Å². The molecule has 0 amide bonds. The van der Waals surface area contributed by atoms with E-state index < -0.39 is 0 Å². The van der Waals surface area contributed by atoms with Gasteiger partial charge in [0.25, 0.3) is 0 Å². The van der Waals surface area contributed by atoms with Crippen molar-refractivity contribution in [3.63, 3.8) is 0 Å². The van der Waals surface area contributed by atoms with Gasteiger partial charge in [-0.25, -0.2) is 0 Å². The summed E-state index contributed by atoms with van der Waals surface area (Å²) in [5.74, 6) is 0. The summed E-state index contributed by atoms with van der Waals surface area (Å²) in [7, 11) is 0. The molecule has 0 fully saturated rings. The molecule has 0 atom stereocenters. The van der Waals surface area contributed by atoms with E-state index in [0.717, 1.165) is 0 Å². The molecule has 0 spiro atoms. The summed E-state index contributed by atoms with van der Waals surface area (Å²) in [4.78, 5) is 0. The molecule has 0 aliphatic rings. The van der Waals surface area contributed by atoms with Crippen LogP contribution in [-0.4, -0.2) is 23.1 Å². The first-order valence-electron chi connectivity index (χ1n) is 0.204. The van der Waals surface area contributed by atoms with Crippen molar-refractivity contribution in [2.24, 2.45) is 0 Å². The standard InChI is InChI=1S/Cr.Mg.O.Zr.2H/q;+2;;;2*-1. The number of rotatable bonds is 0. The Morgan fingerprint density at radius 3 is 1.50 bits per heavy atom. The molecule has 0 rings (SSSR count). The molecule has 1 nitrogen and oxygen atoms in total. The van der Waals surface area contributed by atoms with Crippen LogP contribution >= 0.6 is 0 Å². The second-order valence-electron chi connectivity index (χ2n) is 0. The van der Waals surface area contributed by atoms with Crippen molar-refractivity contribution in [3.05, 3.63) is 0 Å². The summed E-state index contributed by atoms with van der Waals surface area (Å²) in [5.41, 5.74) is 0. The van der Waals surface area contributed by atoms with E-state index >= 15 is 0 Å². The Hall–Kier alpha value is 1.98. The zero-order valence-electron chi connectivity index (χ0n) is 4.02. The molecule has 0 bridgehead atoms. The molecule has 0 aromatic heterocycles. The zero-order valence-corrected chi connectivity index (χ0v) is 7.17. The van der Waals surface area contributed by atoms with Gasteiger partial charge in [0.2, 0.25) is 0 Å². The Balaban J connectivity index is -0.000000000833. The van der Waals surface area contributed by atoms with Crippen molar-refractivity contribution in [3.8, 4) is 0 Å². The molecule has 0 aliphatic carbocycles. The third-order valence-electron chi connectivity index (χ3n) is 0. The van der Waals surface area contributed by atoms with E-state index in [1.54, 1.807) is 0 Å². The fraction of sp³-hybridized carbons (Fsp3) is 0. The summed E-state index contributed by atoms with van der Waals surface area (Å²) < 4.78 is 8.34. The monoisotopic (exact) mass is 184 g/mol. The van der Waals surface area contributed by atoms with Crippen molar-refractivity contribution in [1.82, 2.24) is 0 Å². The van der Waals surface area contributed by atoms with Crippen molar-refractivity contribution >= 4 is 23.1 Å². The molecule has 4 heteroatoms. The molecule has 4 heavy (non-hydrogen) atoms. The zero-order chi connectivity index (χ0) is 2.00. The van der Waals surface area contributed by atoms with Crippen LogP contribution in [0.5, 0.6) is 0 Å². The first-order chi connectivity index (χ1) is 1.00. The predicted octanol–water partition coefficient (Wildman–Crippen LogP) is -0.280. The SMILES string of the molecule is [Cr].[H-].[H-].[Mg+2].[O]=[Zr]. The van der Waals surface area contributed by atoms with Gasteiger partial charge in [-0.15, -0.1) is 0 Å². The molecule has 0 unspecified atom stereocenters. The van der Waals surface area contributed by atoms with Gasteiger partial charge in [-0.2, -0.15) is 0 Å². The van der Waals surface area contributed by atoms with Crippen LogP contribution in [-0.2, 0) is 44.9 Å². The second-order valence-corrected chi connectivity index (χ2v) is 0. The number of hydrogen-bond acceptors (Lipinski definition) is 1. The molecule has 0 N–H and O–H groups in total. The Labute approximate surface area is 70.1 Å². The molecule has 0 radical (unpaired) electrons. The van der Waals surface area contributed by atoms with Crippen LogP contribution in [0, 0.1) is 0 Å². The van der Waals surface area contributed by atoms with Gasteiger partial charge in [0.1, 0.15) is 0 Å². The molecular weight excluding hydrogens is 184 g/mol. The van der Waals surface area contributed by atoms with Crippen molar-refractivity contribution in [2.45, 2.75) is 0 Å². The summed E-state index contributed by atoms with van der Waals surface area (Å²) in [5, 5.41) is 0. The Kier molecular flexibility index (Phi) is 83.9. The molecular formula is H2CrMgOZr. The first-order valence-corrected chi connectivity index (χ1v) is 1.21. The second kappa shape index (κ2) is 20.1. The van der Waals surface area contributed by atoms with Crippen LogP contribution in [0.15, 0.2) is 0 Å². The molecule has 0 saturated heterocycles. The number of hydrogen-bond donors (Lipinski definition) is 0. The predicted molar refractivity (Wildman–Crippen MR) is 8.66 cm³/mol. The van der Waals surface area contributed by atoms with Gasteiger partial charge in [0, 0.05) is 17.4 Å². The van der Waals surface area contributed by atoms with Gasteiger partial charge in [-0.3, -0.25) is 0 Å². The van der Waals surface area contributed by atoms with E-state index in [1.165, 1.54) is 0 Å². The van der Waals surface area contributed by atoms with Crippen LogP contribution in [0.3, 0.4) is 0 Å². The van der Waals surface area contributed by atoms with Gasteiger partial charge in [-0.1, -0.05) is 0 Å². The van der Waals surface area contributed by atoms with Gasteiger partial charge >= 0.3 is 50.6 Å². The van der Waals surface area contributed by atoms with Crippen LogP contribution in [0.1, 0.15) is 2.85 Å². The fourth-order valence-corrected chi connectivity index (χ4v) is 0. The molecule has 0 aromatic carbocycles. The van der Waals surface area contributed by atoms with E-state index in [0.29, 0.717) is 24.7 Å². The fourth-order valence-electron chi connectivity index (χ4n) is 0. The third kappa shape index (κ3) is 9.01. The molecule has 20 valence electrons. The summed E-state index contributed by atoms with van der Waals surface area (Å²) in [6, 6.07) is 0. The van der Waals surface area contributed by atoms with Crippen LogP contribution in [0.25, 0.3) is 0 Å². The minimum absolute atomic E-state index is 0. The molecule has 0 saturated carbocycles. The van der Waals surface area contributed by atoms with Crippen LogP contribution < -0.4 is 0 Å². The van der Waals surface area contributed by atoms with E-state index in [9.17, 15) is 0 Å². The Morgan fingerprint density at radius 1 is 1.50 bits per heavy atom. The van der Waals surface area contributed by atoms with Crippen molar-refractivity contribution in [2.75, 3.05) is 0 Å². The average molecular weight is 186 g/mol. The van der Waals surface area contributed by atoms with Crippen LogP contribution in [0.4, 0.5) is 0 Å². The first kappa shape index (κ1) is 16.7. The van der Waals surface area contributed by atoms with Gasteiger partial charge in [0.15, 0.2) is 0 Å². The molecule has 0 aromatic rings. The maximum atomic E-state index is 8.34. The summed E-state index contributed by atoms with van der Waals surface area (Å²) in [6.07, 6.45) is 0. The van der Waals surface area contributed by atoms with Gasteiger partial charge < -0.3 is 2.85 Å². The quantitative estimate of drug-likeness (QED) is 0.475. The van der Waals surface area contributed by atoms with Crippen LogP contribution in [0.2, 0.25) is 0 Å². The van der Waals surface area contributed by atoms with Crippen molar-refractivity contribution < 1.29 is 47.8 Å².